The molecule has 1 aromatic carbocycles. The average Bonchev–Trinajstić information content (AvgIpc) is 2.64. The minimum Gasteiger partial charge on any atom is -0.343 e. The smallest absolute Gasteiger partial charge is 0.132 e. The Morgan fingerprint density at radius 2 is 2.00 bits per heavy atom. The van der Waals surface area contributed by atoms with Crippen LogP contribution < -0.4 is 5.32 Å². The van der Waals surface area contributed by atoms with E-state index >= 15 is 0 Å². The third-order valence-corrected chi connectivity index (χ3v) is 4.35. The fraction of sp³-hybridized carbons (Fsp3) is 0.0909. The highest BCUT2D eigenvalue weighted by Crippen LogP contribution is 2.35. The van der Waals surface area contributed by atoms with Crippen LogP contribution in [0.4, 0.5) is 10.7 Å². The zero-order valence-electron chi connectivity index (χ0n) is 8.79. The van der Waals surface area contributed by atoms with Gasteiger partial charge in [-0.05, 0) is 62.4 Å². The standard InChI is InChI=1S/C11H7Br2N3S/c1-6-7(5-14)11(17-16-6)15-10-8(12)3-2-4-9(10)13/h2-4,15H,1H3. The Kier molecular flexibility index (Phi) is 3.82. The number of para-hydroxylation sites is 1. The number of hydrogen-bond acceptors (Lipinski definition) is 4. The number of anilines is 2. The van der Waals surface area contributed by atoms with Gasteiger partial charge in [0.2, 0.25) is 0 Å². The highest BCUT2D eigenvalue weighted by molar-refractivity contribution is 9.11. The van der Waals surface area contributed by atoms with Crippen molar-refractivity contribution in [1.82, 2.24) is 4.37 Å². The van der Waals surface area contributed by atoms with E-state index in [1.807, 2.05) is 25.1 Å². The van der Waals surface area contributed by atoms with Gasteiger partial charge in [0.05, 0.1) is 11.4 Å². The molecular formula is C11H7Br2N3S. The maximum Gasteiger partial charge on any atom is 0.132 e. The molecule has 3 nitrogen and oxygen atoms in total. The molecule has 1 N–H and O–H groups in total. The van der Waals surface area contributed by atoms with Crippen molar-refractivity contribution in [3.63, 3.8) is 0 Å². The van der Waals surface area contributed by atoms with E-state index in [-0.39, 0.29) is 0 Å². The summed E-state index contributed by atoms with van der Waals surface area (Å²) < 4.78 is 6.03. The first kappa shape index (κ1) is 12.6. The van der Waals surface area contributed by atoms with Crippen molar-refractivity contribution in [2.24, 2.45) is 0 Å². The highest BCUT2D eigenvalue weighted by Gasteiger charge is 2.12. The third kappa shape index (κ3) is 2.51. The van der Waals surface area contributed by atoms with E-state index in [0.29, 0.717) is 5.56 Å². The molecule has 2 aromatic rings. The summed E-state index contributed by atoms with van der Waals surface area (Å²) in [5, 5.41) is 13.0. The first-order valence-corrected chi connectivity index (χ1v) is 7.07. The molecular weight excluding hydrogens is 366 g/mol. The lowest BCUT2D eigenvalue weighted by atomic mass is 10.2. The summed E-state index contributed by atoms with van der Waals surface area (Å²) in [6.07, 6.45) is 0. The Labute approximate surface area is 120 Å². The molecule has 1 heterocycles. The van der Waals surface area contributed by atoms with Gasteiger partial charge in [-0.15, -0.1) is 0 Å². The summed E-state index contributed by atoms with van der Waals surface area (Å²) in [7, 11) is 0. The Morgan fingerprint density at radius 1 is 1.35 bits per heavy atom. The lowest BCUT2D eigenvalue weighted by Crippen LogP contribution is -1.92. The van der Waals surface area contributed by atoms with E-state index in [1.54, 1.807) is 0 Å². The molecule has 0 fully saturated rings. The maximum atomic E-state index is 9.06. The van der Waals surface area contributed by atoms with Crippen molar-refractivity contribution in [3.05, 3.63) is 38.4 Å². The van der Waals surface area contributed by atoms with Gasteiger partial charge in [0.25, 0.3) is 0 Å². The Morgan fingerprint density at radius 3 is 2.59 bits per heavy atom. The van der Waals surface area contributed by atoms with Crippen LogP contribution in [0.25, 0.3) is 0 Å². The van der Waals surface area contributed by atoms with Crippen LogP contribution in [0.3, 0.4) is 0 Å². The van der Waals surface area contributed by atoms with Gasteiger partial charge in [-0.3, -0.25) is 0 Å². The lowest BCUT2D eigenvalue weighted by Gasteiger charge is -2.08. The SMILES string of the molecule is Cc1nsc(Nc2c(Br)cccc2Br)c1C#N. The zero-order valence-corrected chi connectivity index (χ0v) is 12.8. The number of nitrogens with one attached hydrogen (secondary N) is 1. The van der Waals surface area contributed by atoms with Crippen LogP contribution in [0.15, 0.2) is 27.1 Å². The molecule has 6 heteroatoms. The topological polar surface area (TPSA) is 48.7 Å². The number of rotatable bonds is 2. The largest absolute Gasteiger partial charge is 0.343 e. The van der Waals surface area contributed by atoms with Crippen LogP contribution in [-0.2, 0) is 0 Å². The van der Waals surface area contributed by atoms with E-state index in [1.165, 1.54) is 11.5 Å². The number of nitriles is 1. The Hall–Kier alpha value is -0.900. The fourth-order valence-electron chi connectivity index (χ4n) is 1.32. The molecule has 0 saturated carbocycles. The van der Waals surface area contributed by atoms with Gasteiger partial charge in [-0.1, -0.05) is 6.07 Å². The van der Waals surface area contributed by atoms with Crippen molar-refractivity contribution >= 4 is 54.1 Å². The fourth-order valence-corrected chi connectivity index (χ4v) is 3.27. The Balaban J connectivity index is 2.42. The van der Waals surface area contributed by atoms with Gasteiger partial charge in [-0.25, -0.2) is 0 Å². The summed E-state index contributed by atoms with van der Waals surface area (Å²) in [5.74, 6) is 0. The van der Waals surface area contributed by atoms with Gasteiger partial charge in [0.1, 0.15) is 16.6 Å². The van der Waals surface area contributed by atoms with Crippen molar-refractivity contribution in [1.29, 1.82) is 5.26 Å². The van der Waals surface area contributed by atoms with E-state index in [2.05, 4.69) is 47.6 Å². The van der Waals surface area contributed by atoms with E-state index in [4.69, 9.17) is 5.26 Å². The molecule has 0 saturated heterocycles. The van der Waals surface area contributed by atoms with Crippen molar-refractivity contribution in [2.75, 3.05) is 5.32 Å². The second kappa shape index (κ2) is 5.17. The molecule has 0 bridgehead atoms. The summed E-state index contributed by atoms with van der Waals surface area (Å²) >= 11 is 8.22. The molecule has 0 aliphatic rings. The summed E-state index contributed by atoms with van der Waals surface area (Å²) in [6.45, 7) is 1.83. The second-order valence-corrected chi connectivity index (χ2v) is 5.79. The average molecular weight is 373 g/mol. The van der Waals surface area contributed by atoms with Crippen molar-refractivity contribution in [3.8, 4) is 6.07 Å². The van der Waals surface area contributed by atoms with Crippen LogP contribution in [0.2, 0.25) is 0 Å². The molecule has 0 aliphatic carbocycles. The van der Waals surface area contributed by atoms with Crippen LogP contribution in [-0.4, -0.2) is 4.37 Å². The van der Waals surface area contributed by atoms with Gasteiger partial charge < -0.3 is 5.32 Å². The van der Waals surface area contributed by atoms with Crippen LogP contribution >= 0.6 is 43.4 Å². The first-order valence-electron chi connectivity index (χ1n) is 4.71. The van der Waals surface area contributed by atoms with Gasteiger partial charge in [0, 0.05) is 8.95 Å². The number of nitrogens with zero attached hydrogens (tertiary/aromatic N) is 2. The molecule has 0 amide bonds. The summed E-state index contributed by atoms with van der Waals surface area (Å²) in [5.41, 5.74) is 2.24. The van der Waals surface area contributed by atoms with E-state index < -0.39 is 0 Å². The maximum absolute atomic E-state index is 9.06. The summed E-state index contributed by atoms with van der Waals surface area (Å²) in [6, 6.07) is 7.97. The van der Waals surface area contributed by atoms with E-state index in [9.17, 15) is 0 Å². The predicted molar refractivity (Wildman–Crippen MR) is 76.7 cm³/mol. The molecule has 1 aromatic heterocycles. The molecule has 17 heavy (non-hydrogen) atoms. The normalized spacial score (nSPS) is 10.0. The van der Waals surface area contributed by atoms with Crippen LogP contribution in [0.1, 0.15) is 11.3 Å². The zero-order chi connectivity index (χ0) is 12.4. The number of hydrogen-bond donors (Lipinski definition) is 1. The number of aromatic nitrogens is 1. The molecule has 86 valence electrons. The minimum atomic E-state index is 0.595. The first-order chi connectivity index (χ1) is 8.13. The monoisotopic (exact) mass is 371 g/mol. The number of benzene rings is 1. The predicted octanol–water partition coefficient (Wildman–Crippen LogP) is 4.59. The van der Waals surface area contributed by atoms with Gasteiger partial charge >= 0.3 is 0 Å². The second-order valence-electron chi connectivity index (χ2n) is 3.31. The minimum absolute atomic E-state index is 0.595. The highest BCUT2D eigenvalue weighted by atomic mass is 79.9. The summed E-state index contributed by atoms with van der Waals surface area (Å²) in [4.78, 5) is 0. The molecule has 0 aliphatic heterocycles. The van der Waals surface area contributed by atoms with Crippen LogP contribution in [0, 0.1) is 18.3 Å². The molecule has 0 radical (unpaired) electrons. The molecule has 2 rings (SSSR count). The van der Waals surface area contributed by atoms with Gasteiger partial charge in [0.15, 0.2) is 0 Å². The van der Waals surface area contributed by atoms with Gasteiger partial charge in [-0.2, -0.15) is 9.64 Å². The van der Waals surface area contributed by atoms with Crippen molar-refractivity contribution in [2.45, 2.75) is 6.92 Å². The quantitative estimate of drug-likeness (QED) is 0.838. The molecule has 0 spiro atoms. The number of halogens is 2. The van der Waals surface area contributed by atoms with Crippen molar-refractivity contribution < 1.29 is 0 Å². The third-order valence-electron chi connectivity index (χ3n) is 2.18. The van der Waals surface area contributed by atoms with E-state index in [0.717, 1.165) is 25.3 Å². The molecule has 0 atom stereocenters. The lowest BCUT2D eigenvalue weighted by molar-refractivity contribution is 1.31. The van der Waals surface area contributed by atoms with Crippen LogP contribution in [0.5, 0.6) is 0 Å². The number of aryl methyl sites for hydroxylation is 1. The molecule has 0 unspecified atom stereocenters. The Bertz CT molecular complexity index is 581.